The highest BCUT2D eigenvalue weighted by Gasteiger charge is 2.29. The number of hydrogen-bond donors (Lipinski definition) is 1. The number of hydrogen-bond acceptors (Lipinski definition) is 3. The maximum Gasteiger partial charge on any atom is 0.260 e. The van der Waals surface area contributed by atoms with E-state index in [1.54, 1.807) is 18.0 Å². The number of benzene rings is 1. The summed E-state index contributed by atoms with van der Waals surface area (Å²) in [5.41, 5.74) is 5.45. The molecule has 1 aromatic carbocycles. The Balaban J connectivity index is 2.03. The summed E-state index contributed by atoms with van der Waals surface area (Å²) in [6, 6.07) is 4.83. The third-order valence-electron chi connectivity index (χ3n) is 3.05. The SMILES string of the molecule is CN(C(=O)COc1cc(Cl)ccc1C(N)=O)C1CC1. The van der Waals surface area contributed by atoms with Crippen LogP contribution in [0.15, 0.2) is 18.2 Å². The smallest absolute Gasteiger partial charge is 0.260 e. The highest BCUT2D eigenvalue weighted by Crippen LogP contribution is 2.26. The number of primary amides is 1. The van der Waals surface area contributed by atoms with Crippen LogP contribution in [0.2, 0.25) is 5.02 Å². The number of amides is 2. The monoisotopic (exact) mass is 282 g/mol. The molecule has 0 spiro atoms. The zero-order valence-electron chi connectivity index (χ0n) is 10.6. The Morgan fingerprint density at radius 2 is 2.16 bits per heavy atom. The number of carbonyl (C=O) groups is 2. The van der Waals surface area contributed by atoms with Crippen LogP contribution in [-0.4, -0.2) is 36.4 Å². The zero-order chi connectivity index (χ0) is 14.0. The van der Waals surface area contributed by atoms with Gasteiger partial charge in [0.05, 0.1) is 5.56 Å². The minimum absolute atomic E-state index is 0.127. The molecule has 6 heteroatoms. The molecule has 1 saturated carbocycles. The number of ether oxygens (including phenoxy) is 1. The number of nitrogens with zero attached hydrogens (tertiary/aromatic N) is 1. The van der Waals surface area contributed by atoms with E-state index in [1.807, 2.05) is 0 Å². The lowest BCUT2D eigenvalue weighted by Crippen LogP contribution is -2.33. The van der Waals surface area contributed by atoms with E-state index < -0.39 is 5.91 Å². The van der Waals surface area contributed by atoms with Crippen molar-refractivity contribution >= 4 is 23.4 Å². The van der Waals surface area contributed by atoms with Gasteiger partial charge in [-0.3, -0.25) is 9.59 Å². The van der Waals surface area contributed by atoms with E-state index in [0.29, 0.717) is 11.1 Å². The molecule has 0 aliphatic heterocycles. The predicted molar refractivity (Wildman–Crippen MR) is 71.3 cm³/mol. The van der Waals surface area contributed by atoms with Gasteiger partial charge in [0.15, 0.2) is 6.61 Å². The van der Waals surface area contributed by atoms with Crippen molar-refractivity contribution in [2.75, 3.05) is 13.7 Å². The molecule has 5 nitrogen and oxygen atoms in total. The van der Waals surface area contributed by atoms with Crippen LogP contribution >= 0.6 is 11.6 Å². The molecule has 0 heterocycles. The number of rotatable bonds is 5. The largest absolute Gasteiger partial charge is 0.483 e. The van der Waals surface area contributed by atoms with Crippen molar-refractivity contribution < 1.29 is 14.3 Å². The van der Waals surface area contributed by atoms with Gasteiger partial charge in [0.25, 0.3) is 11.8 Å². The Bertz CT molecular complexity index is 515. The summed E-state index contributed by atoms with van der Waals surface area (Å²) in [4.78, 5) is 24.7. The van der Waals surface area contributed by atoms with Crippen LogP contribution in [0.25, 0.3) is 0 Å². The summed E-state index contributed by atoms with van der Waals surface area (Å²) >= 11 is 5.83. The quantitative estimate of drug-likeness (QED) is 0.888. The standard InChI is InChI=1S/C13H15ClN2O3/c1-16(9-3-4-9)12(17)7-19-11-6-8(14)2-5-10(11)13(15)18/h2,5-6,9H,3-4,7H2,1H3,(H2,15,18). The van der Waals surface area contributed by atoms with Gasteiger partial charge in [-0.15, -0.1) is 0 Å². The fourth-order valence-electron chi connectivity index (χ4n) is 1.73. The molecule has 2 N–H and O–H groups in total. The molecule has 2 rings (SSSR count). The van der Waals surface area contributed by atoms with Gasteiger partial charge in [0.2, 0.25) is 0 Å². The van der Waals surface area contributed by atoms with Crippen LogP contribution < -0.4 is 10.5 Å². The van der Waals surface area contributed by atoms with E-state index in [0.717, 1.165) is 12.8 Å². The minimum Gasteiger partial charge on any atom is -0.483 e. The first-order chi connectivity index (χ1) is 8.99. The van der Waals surface area contributed by atoms with Gasteiger partial charge < -0.3 is 15.4 Å². The minimum atomic E-state index is -0.616. The van der Waals surface area contributed by atoms with Crippen LogP contribution in [0.3, 0.4) is 0 Å². The number of likely N-dealkylation sites (N-methyl/N-ethyl adjacent to an activating group) is 1. The first-order valence-corrected chi connectivity index (χ1v) is 6.34. The molecule has 0 radical (unpaired) electrons. The van der Waals surface area contributed by atoms with Gasteiger partial charge >= 0.3 is 0 Å². The van der Waals surface area contributed by atoms with Gasteiger partial charge in [-0.25, -0.2) is 0 Å². The number of carbonyl (C=O) groups excluding carboxylic acids is 2. The predicted octanol–water partition coefficient (Wildman–Crippen LogP) is 1.44. The fraction of sp³-hybridized carbons (Fsp3) is 0.385. The Morgan fingerprint density at radius 3 is 2.74 bits per heavy atom. The van der Waals surface area contributed by atoms with Gasteiger partial charge in [-0.1, -0.05) is 11.6 Å². The summed E-state index contributed by atoms with van der Waals surface area (Å²) in [5, 5.41) is 0.419. The Labute approximate surface area is 116 Å². The molecule has 1 aliphatic rings. The summed E-state index contributed by atoms with van der Waals surface area (Å²) in [6.45, 7) is -0.131. The van der Waals surface area contributed by atoms with Crippen LogP contribution in [0.1, 0.15) is 23.2 Å². The molecule has 1 aromatic rings. The Hall–Kier alpha value is -1.75. The summed E-state index contributed by atoms with van der Waals surface area (Å²) in [5.74, 6) is -0.509. The lowest BCUT2D eigenvalue weighted by molar-refractivity contribution is -0.132. The van der Waals surface area contributed by atoms with Crippen molar-refractivity contribution in [3.8, 4) is 5.75 Å². The van der Waals surface area contributed by atoms with Gasteiger partial charge in [-0.2, -0.15) is 0 Å². The molecule has 2 amide bonds. The van der Waals surface area contributed by atoms with E-state index in [1.165, 1.54) is 12.1 Å². The molecule has 102 valence electrons. The lowest BCUT2D eigenvalue weighted by atomic mass is 10.2. The molecule has 0 atom stereocenters. The third kappa shape index (κ3) is 3.38. The van der Waals surface area contributed by atoms with Crippen LogP contribution in [0.5, 0.6) is 5.75 Å². The molecule has 1 fully saturated rings. The first-order valence-electron chi connectivity index (χ1n) is 5.97. The summed E-state index contributed by atoms with van der Waals surface area (Å²) < 4.78 is 5.36. The molecule has 0 saturated heterocycles. The second-order valence-electron chi connectivity index (χ2n) is 4.53. The Morgan fingerprint density at radius 1 is 1.47 bits per heavy atom. The third-order valence-corrected chi connectivity index (χ3v) is 3.28. The second-order valence-corrected chi connectivity index (χ2v) is 4.97. The normalized spacial score (nSPS) is 14.0. The zero-order valence-corrected chi connectivity index (χ0v) is 11.3. The van der Waals surface area contributed by atoms with Crippen LogP contribution in [-0.2, 0) is 4.79 Å². The second kappa shape index (κ2) is 5.48. The van der Waals surface area contributed by atoms with Crippen LogP contribution in [0.4, 0.5) is 0 Å². The van der Waals surface area contributed by atoms with Crippen molar-refractivity contribution in [3.63, 3.8) is 0 Å². The molecule has 0 bridgehead atoms. The van der Waals surface area contributed by atoms with E-state index in [-0.39, 0.29) is 23.8 Å². The summed E-state index contributed by atoms with van der Waals surface area (Å²) in [6.07, 6.45) is 2.07. The molecule has 19 heavy (non-hydrogen) atoms. The van der Waals surface area contributed by atoms with Crippen molar-refractivity contribution in [1.82, 2.24) is 4.90 Å². The van der Waals surface area contributed by atoms with Crippen molar-refractivity contribution in [2.45, 2.75) is 18.9 Å². The van der Waals surface area contributed by atoms with E-state index >= 15 is 0 Å². The topological polar surface area (TPSA) is 72.6 Å². The van der Waals surface area contributed by atoms with E-state index in [2.05, 4.69) is 0 Å². The molecule has 0 unspecified atom stereocenters. The Kier molecular flexibility index (Phi) is 3.95. The molecule has 0 aromatic heterocycles. The van der Waals surface area contributed by atoms with Crippen LogP contribution in [0, 0.1) is 0 Å². The van der Waals surface area contributed by atoms with E-state index in [4.69, 9.17) is 22.1 Å². The van der Waals surface area contributed by atoms with Gasteiger partial charge in [0.1, 0.15) is 5.75 Å². The van der Waals surface area contributed by atoms with E-state index in [9.17, 15) is 9.59 Å². The van der Waals surface area contributed by atoms with Gasteiger partial charge in [0, 0.05) is 18.1 Å². The highest BCUT2D eigenvalue weighted by atomic mass is 35.5. The molecular formula is C13H15ClN2O3. The first kappa shape index (κ1) is 13.7. The average Bonchev–Trinajstić information content (AvgIpc) is 3.18. The molecular weight excluding hydrogens is 268 g/mol. The lowest BCUT2D eigenvalue weighted by Gasteiger charge is -2.17. The van der Waals surface area contributed by atoms with Gasteiger partial charge in [-0.05, 0) is 31.0 Å². The number of nitrogens with two attached hydrogens (primary N) is 1. The maximum absolute atomic E-state index is 11.8. The van der Waals surface area contributed by atoms with Crippen molar-refractivity contribution in [3.05, 3.63) is 28.8 Å². The number of halogens is 1. The molecule has 1 aliphatic carbocycles. The highest BCUT2D eigenvalue weighted by molar-refractivity contribution is 6.30. The fourth-order valence-corrected chi connectivity index (χ4v) is 1.89. The maximum atomic E-state index is 11.8. The van der Waals surface area contributed by atoms with Crippen molar-refractivity contribution in [1.29, 1.82) is 0 Å². The average molecular weight is 283 g/mol. The summed E-state index contributed by atoms with van der Waals surface area (Å²) in [7, 11) is 1.75. The van der Waals surface area contributed by atoms with Crippen molar-refractivity contribution in [2.24, 2.45) is 5.73 Å².